The smallest absolute Gasteiger partial charge is 0.414 e. The zero-order valence-corrected chi connectivity index (χ0v) is 17.5. The van der Waals surface area contributed by atoms with E-state index in [9.17, 15) is 9.59 Å². The Morgan fingerprint density at radius 1 is 1.17 bits per heavy atom. The fourth-order valence-corrected chi connectivity index (χ4v) is 3.50. The summed E-state index contributed by atoms with van der Waals surface area (Å²) in [6.07, 6.45) is -0.447. The number of anilines is 1. The summed E-state index contributed by atoms with van der Waals surface area (Å²) in [4.78, 5) is 25.9. The number of hydrogen-bond donors (Lipinski definition) is 0. The third-order valence-corrected chi connectivity index (χ3v) is 4.56. The molecule has 0 saturated carbocycles. The molecule has 0 unspecified atom stereocenters. The summed E-state index contributed by atoms with van der Waals surface area (Å²) in [6.45, 7) is 7.48. The molecular formula is C22H27NO6. The molecule has 7 heteroatoms. The lowest BCUT2D eigenvalue weighted by Gasteiger charge is -2.25. The van der Waals surface area contributed by atoms with E-state index in [1.54, 1.807) is 12.0 Å². The topological polar surface area (TPSA) is 74.3 Å². The van der Waals surface area contributed by atoms with E-state index in [1.807, 2.05) is 51.1 Å². The molecule has 3 rings (SSSR count). The normalized spacial score (nSPS) is 15.9. The largest absolute Gasteiger partial charge is 0.467 e. The van der Waals surface area contributed by atoms with E-state index >= 15 is 0 Å². The summed E-state index contributed by atoms with van der Waals surface area (Å²) in [7, 11) is 1.55. The zero-order chi connectivity index (χ0) is 21.2. The second-order valence-electron chi connectivity index (χ2n) is 7.99. The van der Waals surface area contributed by atoms with Gasteiger partial charge in [0.05, 0.1) is 12.3 Å². The first-order valence-electron chi connectivity index (χ1n) is 9.52. The highest BCUT2D eigenvalue weighted by Gasteiger charge is 2.37. The number of benzene rings is 2. The standard InChI is InChI=1S/C22H27NO6/c1-14(24)27-12-15-11-23(21(25)29-22(2,3)4)18-10-19(28-13-26-5)16-8-6-7-9-17(16)20(15)18/h6-10,15H,11-13H2,1-5H3/t15-/m1/s1. The Kier molecular flexibility index (Phi) is 5.98. The number of carbonyl (C=O) groups is 2. The molecule has 1 aliphatic rings. The van der Waals surface area contributed by atoms with Gasteiger partial charge in [-0.25, -0.2) is 4.79 Å². The number of fused-ring (bicyclic) bond motifs is 3. The van der Waals surface area contributed by atoms with Crippen LogP contribution in [0.25, 0.3) is 10.8 Å². The van der Waals surface area contributed by atoms with Crippen molar-refractivity contribution in [2.24, 2.45) is 0 Å². The second kappa shape index (κ2) is 8.29. The SMILES string of the molecule is COCOc1cc2c(c3ccccc13)[C@@H](COC(C)=O)CN2C(=O)OC(C)(C)C. The number of rotatable bonds is 5. The minimum atomic E-state index is -0.628. The predicted octanol–water partition coefficient (Wildman–Crippen LogP) is 4.22. The van der Waals surface area contributed by atoms with Gasteiger partial charge in [-0.05, 0) is 31.7 Å². The number of amides is 1. The summed E-state index contributed by atoms with van der Waals surface area (Å²) in [5.74, 6) is 0.0947. The number of hydrogen-bond acceptors (Lipinski definition) is 6. The molecule has 0 fully saturated rings. The lowest BCUT2D eigenvalue weighted by atomic mass is 9.95. The molecule has 0 aromatic heterocycles. The molecule has 0 spiro atoms. The fourth-order valence-electron chi connectivity index (χ4n) is 3.50. The maximum absolute atomic E-state index is 12.9. The first kappa shape index (κ1) is 20.9. The van der Waals surface area contributed by atoms with E-state index in [4.69, 9.17) is 18.9 Å². The maximum atomic E-state index is 12.9. The quantitative estimate of drug-likeness (QED) is 0.552. The molecule has 1 amide bonds. The van der Waals surface area contributed by atoms with Crippen LogP contribution in [0, 0.1) is 0 Å². The first-order valence-corrected chi connectivity index (χ1v) is 9.52. The second-order valence-corrected chi connectivity index (χ2v) is 7.99. The average Bonchev–Trinajstić information content (AvgIpc) is 3.02. The highest BCUT2D eigenvalue weighted by atomic mass is 16.7. The van der Waals surface area contributed by atoms with Gasteiger partial charge in [-0.1, -0.05) is 24.3 Å². The highest BCUT2D eigenvalue weighted by molar-refractivity contribution is 6.02. The van der Waals surface area contributed by atoms with Gasteiger partial charge in [0.25, 0.3) is 0 Å². The lowest BCUT2D eigenvalue weighted by molar-refractivity contribution is -0.141. The molecule has 0 saturated heterocycles. The Morgan fingerprint density at radius 3 is 2.48 bits per heavy atom. The van der Waals surface area contributed by atoms with Crippen molar-refractivity contribution in [1.82, 2.24) is 0 Å². The molecule has 7 nitrogen and oxygen atoms in total. The molecule has 2 aromatic rings. The van der Waals surface area contributed by atoms with Crippen LogP contribution in [0.3, 0.4) is 0 Å². The number of esters is 1. The van der Waals surface area contributed by atoms with Gasteiger partial charge in [0.2, 0.25) is 0 Å². The zero-order valence-electron chi connectivity index (χ0n) is 17.5. The molecule has 0 N–H and O–H groups in total. The van der Waals surface area contributed by atoms with Crippen molar-refractivity contribution in [3.05, 3.63) is 35.9 Å². The van der Waals surface area contributed by atoms with Gasteiger partial charge in [0, 0.05) is 37.9 Å². The van der Waals surface area contributed by atoms with Crippen LogP contribution in [0.4, 0.5) is 10.5 Å². The Morgan fingerprint density at radius 2 is 1.86 bits per heavy atom. The van der Waals surface area contributed by atoms with E-state index in [0.29, 0.717) is 18.0 Å². The van der Waals surface area contributed by atoms with Crippen molar-refractivity contribution in [2.45, 2.75) is 39.2 Å². The van der Waals surface area contributed by atoms with E-state index in [1.165, 1.54) is 6.92 Å². The van der Waals surface area contributed by atoms with Gasteiger partial charge in [-0.2, -0.15) is 0 Å². The molecule has 1 atom stereocenters. The molecule has 0 radical (unpaired) electrons. The number of nitrogens with zero attached hydrogens (tertiary/aromatic N) is 1. The fraction of sp³-hybridized carbons (Fsp3) is 0.455. The average molecular weight is 401 g/mol. The van der Waals surface area contributed by atoms with Crippen LogP contribution < -0.4 is 9.64 Å². The first-order chi connectivity index (χ1) is 13.7. The number of ether oxygens (including phenoxy) is 4. The molecule has 29 heavy (non-hydrogen) atoms. The Labute approximate surface area is 170 Å². The predicted molar refractivity (Wildman–Crippen MR) is 109 cm³/mol. The van der Waals surface area contributed by atoms with Gasteiger partial charge in [-0.3, -0.25) is 9.69 Å². The van der Waals surface area contributed by atoms with Gasteiger partial charge >= 0.3 is 12.1 Å². The van der Waals surface area contributed by atoms with Crippen molar-refractivity contribution in [3.63, 3.8) is 0 Å². The van der Waals surface area contributed by atoms with E-state index in [0.717, 1.165) is 16.3 Å². The van der Waals surface area contributed by atoms with Crippen LogP contribution >= 0.6 is 0 Å². The van der Waals surface area contributed by atoms with Crippen molar-refractivity contribution in [1.29, 1.82) is 0 Å². The van der Waals surface area contributed by atoms with Gasteiger partial charge in [0.1, 0.15) is 11.4 Å². The molecular weight excluding hydrogens is 374 g/mol. The van der Waals surface area contributed by atoms with E-state index in [-0.39, 0.29) is 25.3 Å². The monoisotopic (exact) mass is 401 g/mol. The van der Waals surface area contributed by atoms with Crippen molar-refractivity contribution in [2.75, 3.05) is 32.0 Å². The molecule has 0 aliphatic carbocycles. The van der Waals surface area contributed by atoms with Crippen LogP contribution in [0.15, 0.2) is 30.3 Å². The minimum absolute atomic E-state index is 0.0894. The summed E-state index contributed by atoms with van der Waals surface area (Å²) in [6, 6.07) is 9.62. The van der Waals surface area contributed by atoms with Crippen LogP contribution in [0.1, 0.15) is 39.2 Å². The molecule has 2 aromatic carbocycles. The molecule has 1 aliphatic heterocycles. The summed E-state index contributed by atoms with van der Waals surface area (Å²) < 4.78 is 21.7. The van der Waals surface area contributed by atoms with Gasteiger partial charge in [-0.15, -0.1) is 0 Å². The summed E-state index contributed by atoms with van der Waals surface area (Å²) >= 11 is 0. The van der Waals surface area contributed by atoms with Crippen LogP contribution in [0.5, 0.6) is 5.75 Å². The van der Waals surface area contributed by atoms with Crippen molar-refractivity contribution >= 4 is 28.5 Å². The van der Waals surface area contributed by atoms with Crippen molar-refractivity contribution < 1.29 is 28.5 Å². The van der Waals surface area contributed by atoms with E-state index < -0.39 is 11.7 Å². The van der Waals surface area contributed by atoms with Crippen LogP contribution in [0.2, 0.25) is 0 Å². The molecule has 0 bridgehead atoms. The third kappa shape index (κ3) is 4.62. The van der Waals surface area contributed by atoms with Crippen molar-refractivity contribution in [3.8, 4) is 5.75 Å². The third-order valence-electron chi connectivity index (χ3n) is 4.56. The molecule has 1 heterocycles. The molecule has 156 valence electrons. The van der Waals surface area contributed by atoms with Gasteiger partial charge < -0.3 is 18.9 Å². The summed E-state index contributed by atoms with van der Waals surface area (Å²) in [5, 5.41) is 1.85. The van der Waals surface area contributed by atoms with Crippen LogP contribution in [-0.2, 0) is 19.0 Å². The minimum Gasteiger partial charge on any atom is -0.467 e. The number of methoxy groups -OCH3 is 1. The summed E-state index contributed by atoms with van der Waals surface area (Å²) in [5.41, 5.74) is 1.01. The Hall–Kier alpha value is -2.80. The van der Waals surface area contributed by atoms with E-state index in [2.05, 4.69) is 0 Å². The Balaban J connectivity index is 2.11. The van der Waals surface area contributed by atoms with Gasteiger partial charge in [0.15, 0.2) is 6.79 Å². The highest BCUT2D eigenvalue weighted by Crippen LogP contribution is 2.45. The Bertz CT molecular complexity index is 917. The number of carbonyl (C=O) groups excluding carboxylic acids is 2. The van der Waals surface area contributed by atoms with Crippen LogP contribution in [-0.4, -0.2) is 44.7 Å². The maximum Gasteiger partial charge on any atom is 0.414 e. The lowest BCUT2D eigenvalue weighted by Crippen LogP contribution is -2.36.